The highest BCUT2D eigenvalue weighted by molar-refractivity contribution is 5.85. The summed E-state index contributed by atoms with van der Waals surface area (Å²) < 4.78 is 10.3. The topological polar surface area (TPSA) is 70.5 Å². The van der Waals surface area contributed by atoms with Gasteiger partial charge in [0.25, 0.3) is 0 Å². The molecule has 0 radical (unpaired) electrons. The monoisotopic (exact) mass is 302 g/mol. The van der Waals surface area contributed by atoms with Crippen LogP contribution in [0, 0.1) is 11.8 Å². The van der Waals surface area contributed by atoms with Gasteiger partial charge in [-0.15, -0.1) is 24.8 Å². The molecular weight excluding hydrogens is 275 g/mol. The summed E-state index contributed by atoms with van der Waals surface area (Å²) >= 11 is 0. The van der Waals surface area contributed by atoms with E-state index in [4.69, 9.17) is 20.9 Å². The molecule has 2 rings (SSSR count). The van der Waals surface area contributed by atoms with E-state index >= 15 is 0 Å². The van der Waals surface area contributed by atoms with Crippen LogP contribution in [0.5, 0.6) is 0 Å². The van der Waals surface area contributed by atoms with E-state index in [0.717, 1.165) is 39.3 Å². The van der Waals surface area contributed by atoms with Gasteiger partial charge >= 0.3 is 0 Å². The van der Waals surface area contributed by atoms with Gasteiger partial charge in [-0.1, -0.05) is 13.8 Å². The molecule has 2 aliphatic rings. The molecule has 0 amide bonds. The van der Waals surface area contributed by atoms with Crippen LogP contribution in [0.4, 0.5) is 0 Å². The van der Waals surface area contributed by atoms with Gasteiger partial charge < -0.3 is 20.9 Å². The summed E-state index contributed by atoms with van der Waals surface area (Å²) in [6, 6.07) is 0.757. The zero-order valence-electron chi connectivity index (χ0n) is 11.3. The fourth-order valence-corrected chi connectivity index (χ4v) is 1.79. The lowest BCUT2D eigenvalue weighted by molar-refractivity contribution is 0.0490. The number of rotatable bonds is 0. The Morgan fingerprint density at radius 3 is 1.28 bits per heavy atom. The molecule has 0 unspecified atom stereocenters. The van der Waals surface area contributed by atoms with Gasteiger partial charge in [-0.2, -0.15) is 0 Å². The van der Waals surface area contributed by atoms with Crippen LogP contribution in [0.1, 0.15) is 26.7 Å². The standard InChI is InChI=1S/2C6H13NO.2ClH/c2*1-5-4-8-3-2-6(5)7;;/h2*5-6H,2-4,7H2,1H3;2*1H/t2*5-,6+;;/m10../s1. The third kappa shape index (κ3) is 7.77. The maximum absolute atomic E-state index is 5.70. The van der Waals surface area contributed by atoms with Crippen molar-refractivity contribution in [1.82, 2.24) is 0 Å². The third-order valence-corrected chi connectivity index (χ3v) is 3.41. The van der Waals surface area contributed by atoms with Gasteiger partial charge in [-0.05, 0) is 24.7 Å². The minimum absolute atomic E-state index is 0. The molecule has 0 bridgehead atoms. The predicted molar refractivity (Wildman–Crippen MR) is 79.6 cm³/mol. The first kappa shape index (κ1) is 20.7. The molecule has 2 heterocycles. The molecule has 0 spiro atoms. The van der Waals surface area contributed by atoms with Gasteiger partial charge in [0.15, 0.2) is 0 Å². The number of halogens is 2. The molecule has 4 nitrogen and oxygen atoms in total. The Bertz CT molecular complexity index is 159. The molecule has 4 N–H and O–H groups in total. The van der Waals surface area contributed by atoms with E-state index in [0.29, 0.717) is 23.9 Å². The van der Waals surface area contributed by atoms with Gasteiger partial charge in [-0.3, -0.25) is 0 Å². The highest BCUT2D eigenvalue weighted by Gasteiger charge is 2.17. The summed E-state index contributed by atoms with van der Waals surface area (Å²) in [6.45, 7) is 7.66. The van der Waals surface area contributed by atoms with Crippen molar-refractivity contribution >= 4 is 24.8 Å². The zero-order chi connectivity index (χ0) is 12.0. The van der Waals surface area contributed by atoms with Crippen molar-refractivity contribution in [3.05, 3.63) is 0 Å². The van der Waals surface area contributed by atoms with E-state index < -0.39 is 0 Å². The molecule has 2 aliphatic heterocycles. The summed E-state index contributed by atoms with van der Waals surface area (Å²) in [6.07, 6.45) is 2.06. The van der Waals surface area contributed by atoms with Gasteiger partial charge in [-0.25, -0.2) is 0 Å². The zero-order valence-corrected chi connectivity index (χ0v) is 13.0. The van der Waals surface area contributed by atoms with Crippen molar-refractivity contribution in [2.24, 2.45) is 23.3 Å². The Morgan fingerprint density at radius 1 is 0.778 bits per heavy atom. The highest BCUT2D eigenvalue weighted by Crippen LogP contribution is 2.11. The molecule has 0 aliphatic carbocycles. The Hall–Kier alpha value is 0.420. The molecule has 2 fully saturated rings. The van der Waals surface area contributed by atoms with Crippen LogP contribution in [0.3, 0.4) is 0 Å². The Kier molecular flexibility index (Phi) is 13.0. The number of nitrogens with two attached hydrogens (primary N) is 2. The lowest BCUT2D eigenvalue weighted by Crippen LogP contribution is -2.36. The van der Waals surface area contributed by atoms with Crippen molar-refractivity contribution in [2.75, 3.05) is 26.4 Å². The Balaban J connectivity index is 0. The second kappa shape index (κ2) is 11.3. The third-order valence-electron chi connectivity index (χ3n) is 3.41. The first-order valence-corrected chi connectivity index (χ1v) is 6.28. The van der Waals surface area contributed by atoms with Crippen LogP contribution >= 0.6 is 24.8 Å². The Morgan fingerprint density at radius 2 is 1.11 bits per heavy atom. The van der Waals surface area contributed by atoms with E-state index in [9.17, 15) is 0 Å². The van der Waals surface area contributed by atoms with Crippen LogP contribution < -0.4 is 11.5 Å². The van der Waals surface area contributed by atoms with E-state index in [-0.39, 0.29) is 24.8 Å². The van der Waals surface area contributed by atoms with Crippen LogP contribution in [0.15, 0.2) is 0 Å². The predicted octanol–water partition coefficient (Wildman–Crippen LogP) is 1.58. The van der Waals surface area contributed by atoms with Gasteiger partial charge in [0, 0.05) is 25.3 Å². The number of ether oxygens (including phenoxy) is 2. The smallest absolute Gasteiger partial charge is 0.0506 e. The SMILES string of the molecule is C[C@@H]1COCC[C@@H]1N.C[C@H]1COCC[C@H]1N.Cl.Cl. The van der Waals surface area contributed by atoms with E-state index in [1.54, 1.807) is 0 Å². The molecule has 112 valence electrons. The number of hydrogen-bond acceptors (Lipinski definition) is 4. The minimum atomic E-state index is 0. The number of hydrogen-bond donors (Lipinski definition) is 2. The molecule has 6 heteroatoms. The molecule has 0 saturated carbocycles. The van der Waals surface area contributed by atoms with E-state index in [1.165, 1.54) is 0 Å². The molecule has 0 aromatic carbocycles. The highest BCUT2D eigenvalue weighted by atomic mass is 35.5. The largest absolute Gasteiger partial charge is 0.381 e. The summed E-state index contributed by atoms with van der Waals surface area (Å²) in [5.74, 6) is 1.12. The Labute approximate surface area is 123 Å². The second-order valence-corrected chi connectivity index (χ2v) is 5.01. The minimum Gasteiger partial charge on any atom is -0.381 e. The molecule has 18 heavy (non-hydrogen) atoms. The lowest BCUT2D eigenvalue weighted by atomic mass is 9.99. The van der Waals surface area contributed by atoms with Crippen molar-refractivity contribution in [1.29, 1.82) is 0 Å². The quantitative estimate of drug-likeness (QED) is 0.713. The van der Waals surface area contributed by atoms with Gasteiger partial charge in [0.1, 0.15) is 0 Å². The fourth-order valence-electron chi connectivity index (χ4n) is 1.79. The lowest BCUT2D eigenvalue weighted by Gasteiger charge is -2.24. The maximum atomic E-state index is 5.70. The first-order valence-electron chi connectivity index (χ1n) is 6.28. The van der Waals surface area contributed by atoms with Crippen molar-refractivity contribution in [3.8, 4) is 0 Å². The molecule has 0 aromatic heterocycles. The van der Waals surface area contributed by atoms with Crippen LogP contribution in [-0.2, 0) is 9.47 Å². The summed E-state index contributed by atoms with van der Waals surface area (Å²) in [5.41, 5.74) is 11.4. The summed E-state index contributed by atoms with van der Waals surface area (Å²) in [7, 11) is 0. The van der Waals surface area contributed by atoms with E-state index in [2.05, 4.69) is 13.8 Å². The van der Waals surface area contributed by atoms with E-state index in [1.807, 2.05) is 0 Å². The summed E-state index contributed by atoms with van der Waals surface area (Å²) in [5, 5.41) is 0. The van der Waals surface area contributed by atoms with Crippen molar-refractivity contribution < 1.29 is 9.47 Å². The normalized spacial score (nSPS) is 35.3. The first-order chi connectivity index (χ1) is 7.61. The molecular formula is C12H28Cl2N2O2. The van der Waals surface area contributed by atoms with Gasteiger partial charge in [0.2, 0.25) is 0 Å². The maximum Gasteiger partial charge on any atom is 0.0506 e. The van der Waals surface area contributed by atoms with Crippen LogP contribution in [0.25, 0.3) is 0 Å². The fraction of sp³-hybridized carbons (Fsp3) is 1.00. The van der Waals surface area contributed by atoms with Gasteiger partial charge in [0.05, 0.1) is 13.2 Å². The molecule has 2 saturated heterocycles. The second-order valence-electron chi connectivity index (χ2n) is 5.01. The molecule has 0 aromatic rings. The van der Waals surface area contributed by atoms with Crippen molar-refractivity contribution in [3.63, 3.8) is 0 Å². The van der Waals surface area contributed by atoms with Crippen molar-refractivity contribution in [2.45, 2.75) is 38.8 Å². The summed E-state index contributed by atoms with van der Waals surface area (Å²) in [4.78, 5) is 0. The average Bonchev–Trinajstić information content (AvgIpc) is 2.28. The van der Waals surface area contributed by atoms with Crippen LogP contribution in [0.2, 0.25) is 0 Å². The molecule has 4 atom stereocenters. The van der Waals surface area contributed by atoms with Crippen LogP contribution in [-0.4, -0.2) is 38.5 Å². The average molecular weight is 303 g/mol.